The molecule has 1 aliphatic rings. The Kier molecular flexibility index (Phi) is 4.20. The lowest BCUT2D eigenvalue weighted by molar-refractivity contribution is 0.0957. The first-order valence-electron chi connectivity index (χ1n) is 6.76. The average molecular weight is 298 g/mol. The van der Waals surface area contributed by atoms with Crippen molar-refractivity contribution in [3.63, 3.8) is 0 Å². The number of sulfonamides is 1. The van der Waals surface area contributed by atoms with Crippen LogP contribution in [-0.2, 0) is 14.8 Å². The molecule has 2 rings (SSSR count). The second kappa shape index (κ2) is 5.44. The highest BCUT2D eigenvalue weighted by Gasteiger charge is 2.40. The fourth-order valence-corrected chi connectivity index (χ4v) is 3.85. The molecule has 1 aliphatic heterocycles. The van der Waals surface area contributed by atoms with E-state index in [0.29, 0.717) is 13.0 Å². The molecule has 20 heavy (non-hydrogen) atoms. The van der Waals surface area contributed by atoms with Gasteiger partial charge in [-0.2, -0.15) is 0 Å². The summed E-state index contributed by atoms with van der Waals surface area (Å²) < 4.78 is 33.2. The maximum atomic E-state index is 12.5. The van der Waals surface area contributed by atoms with Gasteiger partial charge in [-0.05, 0) is 44.9 Å². The Morgan fingerprint density at radius 1 is 1.50 bits per heavy atom. The third-order valence-corrected chi connectivity index (χ3v) is 5.56. The molecule has 3 atom stereocenters. The monoisotopic (exact) mass is 298 g/mol. The van der Waals surface area contributed by atoms with Gasteiger partial charge in [-0.3, -0.25) is 0 Å². The molecule has 0 bridgehead atoms. The lowest BCUT2D eigenvalue weighted by Crippen LogP contribution is -2.50. The maximum Gasteiger partial charge on any atom is 0.241 e. The highest BCUT2D eigenvalue weighted by molar-refractivity contribution is 7.89. The first-order chi connectivity index (χ1) is 9.24. The fraction of sp³-hybridized carbons (Fsp3) is 0.571. The predicted molar refractivity (Wildman–Crippen MR) is 77.8 cm³/mol. The smallest absolute Gasteiger partial charge is 0.241 e. The Morgan fingerprint density at radius 3 is 2.75 bits per heavy atom. The molecule has 0 amide bonds. The highest BCUT2D eigenvalue weighted by atomic mass is 32.2. The van der Waals surface area contributed by atoms with Crippen molar-refractivity contribution < 1.29 is 13.2 Å². The first kappa shape index (κ1) is 15.4. The Labute approximate surface area is 120 Å². The van der Waals surface area contributed by atoms with Crippen LogP contribution in [0.3, 0.4) is 0 Å². The van der Waals surface area contributed by atoms with E-state index >= 15 is 0 Å². The van der Waals surface area contributed by atoms with Gasteiger partial charge >= 0.3 is 0 Å². The molecule has 1 saturated heterocycles. The van der Waals surface area contributed by atoms with Crippen LogP contribution in [0.5, 0.6) is 0 Å². The van der Waals surface area contributed by atoms with Crippen molar-refractivity contribution in [2.45, 2.75) is 49.8 Å². The molecule has 0 saturated carbocycles. The van der Waals surface area contributed by atoms with E-state index in [-0.39, 0.29) is 17.0 Å². The Balaban J connectivity index is 2.29. The zero-order valence-corrected chi connectivity index (χ0v) is 12.9. The third kappa shape index (κ3) is 3.03. The molecular weight excluding hydrogens is 276 g/mol. The van der Waals surface area contributed by atoms with Gasteiger partial charge in [-0.1, -0.05) is 12.1 Å². The van der Waals surface area contributed by atoms with Gasteiger partial charge in [0.2, 0.25) is 10.0 Å². The van der Waals surface area contributed by atoms with Crippen molar-refractivity contribution in [1.82, 2.24) is 4.72 Å². The predicted octanol–water partition coefficient (Wildman–Crippen LogP) is 1.55. The van der Waals surface area contributed by atoms with Crippen molar-refractivity contribution in [1.29, 1.82) is 0 Å². The summed E-state index contributed by atoms with van der Waals surface area (Å²) in [6.07, 6.45) is 0.522. The standard InChI is InChI=1S/C14H22N2O3S/c1-10(15)12-5-4-6-13(9-12)20(17,18)16-14(3)7-8-19-11(14)2/h4-6,9-11,16H,7-8,15H2,1-3H3. The molecule has 1 aromatic rings. The van der Waals surface area contributed by atoms with Crippen molar-refractivity contribution in [2.75, 3.05) is 6.61 Å². The van der Waals surface area contributed by atoms with E-state index in [1.165, 1.54) is 0 Å². The molecule has 112 valence electrons. The van der Waals surface area contributed by atoms with Gasteiger partial charge in [0.15, 0.2) is 0 Å². The number of rotatable bonds is 4. The minimum absolute atomic E-state index is 0.145. The van der Waals surface area contributed by atoms with Crippen LogP contribution in [0.1, 0.15) is 38.8 Å². The van der Waals surface area contributed by atoms with Gasteiger partial charge in [-0.15, -0.1) is 0 Å². The van der Waals surface area contributed by atoms with Crippen molar-refractivity contribution in [3.05, 3.63) is 29.8 Å². The molecular formula is C14H22N2O3S. The molecule has 0 aromatic heterocycles. The largest absolute Gasteiger partial charge is 0.376 e. The van der Waals surface area contributed by atoms with Crippen LogP contribution >= 0.6 is 0 Å². The van der Waals surface area contributed by atoms with Crippen molar-refractivity contribution in [2.24, 2.45) is 5.73 Å². The fourth-order valence-electron chi connectivity index (χ4n) is 2.30. The lowest BCUT2D eigenvalue weighted by Gasteiger charge is -2.28. The number of nitrogens with one attached hydrogen (secondary N) is 1. The molecule has 0 aliphatic carbocycles. The molecule has 1 heterocycles. The molecule has 3 unspecified atom stereocenters. The second-order valence-corrected chi connectivity index (χ2v) is 7.33. The van der Waals surface area contributed by atoms with Crippen LogP contribution in [-0.4, -0.2) is 26.7 Å². The highest BCUT2D eigenvalue weighted by Crippen LogP contribution is 2.27. The van der Waals surface area contributed by atoms with Crippen molar-refractivity contribution in [3.8, 4) is 0 Å². The SMILES string of the molecule is CC(N)c1cccc(S(=O)(=O)NC2(C)CCOC2C)c1. The van der Waals surface area contributed by atoms with Crippen LogP contribution < -0.4 is 10.5 Å². The minimum Gasteiger partial charge on any atom is -0.376 e. The average Bonchev–Trinajstić information content (AvgIpc) is 2.68. The quantitative estimate of drug-likeness (QED) is 0.883. The van der Waals surface area contributed by atoms with Crippen LogP contribution in [0.15, 0.2) is 29.2 Å². The van der Waals surface area contributed by atoms with Crippen molar-refractivity contribution >= 4 is 10.0 Å². The summed E-state index contributed by atoms with van der Waals surface area (Å²) in [5, 5.41) is 0. The third-order valence-electron chi connectivity index (χ3n) is 3.95. The zero-order valence-electron chi connectivity index (χ0n) is 12.1. The lowest BCUT2D eigenvalue weighted by atomic mass is 9.97. The summed E-state index contributed by atoms with van der Waals surface area (Å²) in [5.41, 5.74) is 6.04. The summed E-state index contributed by atoms with van der Waals surface area (Å²) in [7, 11) is -3.58. The maximum absolute atomic E-state index is 12.5. The van der Waals surface area contributed by atoms with Crippen LogP contribution in [0, 0.1) is 0 Å². The van der Waals surface area contributed by atoms with Gasteiger partial charge in [0.05, 0.1) is 16.5 Å². The van der Waals surface area contributed by atoms with Crippen LogP contribution in [0.2, 0.25) is 0 Å². The normalized spacial score (nSPS) is 28.5. The molecule has 3 N–H and O–H groups in total. The van der Waals surface area contributed by atoms with E-state index < -0.39 is 15.6 Å². The number of nitrogens with two attached hydrogens (primary N) is 1. The van der Waals surface area contributed by atoms with E-state index in [9.17, 15) is 8.42 Å². The van der Waals surface area contributed by atoms with Crippen LogP contribution in [0.25, 0.3) is 0 Å². The van der Waals surface area contributed by atoms with Gasteiger partial charge in [0.1, 0.15) is 0 Å². The second-order valence-electron chi connectivity index (χ2n) is 5.65. The van der Waals surface area contributed by atoms with Crippen LogP contribution in [0.4, 0.5) is 0 Å². The summed E-state index contributed by atoms with van der Waals surface area (Å²) in [5.74, 6) is 0. The van der Waals surface area contributed by atoms with E-state index in [1.807, 2.05) is 26.8 Å². The Hall–Kier alpha value is -0.950. The molecule has 5 nitrogen and oxygen atoms in total. The molecule has 1 aromatic carbocycles. The number of hydrogen-bond donors (Lipinski definition) is 2. The summed E-state index contributed by atoms with van der Waals surface area (Å²) in [6.45, 7) is 6.15. The summed E-state index contributed by atoms with van der Waals surface area (Å²) in [4.78, 5) is 0.243. The van der Waals surface area contributed by atoms with Gasteiger partial charge in [-0.25, -0.2) is 13.1 Å². The Bertz CT molecular complexity index is 586. The van der Waals surface area contributed by atoms with Gasteiger partial charge in [0, 0.05) is 12.6 Å². The number of benzene rings is 1. The van der Waals surface area contributed by atoms with E-state index in [4.69, 9.17) is 10.5 Å². The topological polar surface area (TPSA) is 81.4 Å². The van der Waals surface area contributed by atoms with E-state index in [0.717, 1.165) is 5.56 Å². The zero-order chi connectivity index (χ0) is 15.0. The molecule has 0 radical (unpaired) electrons. The molecule has 1 fully saturated rings. The molecule has 6 heteroatoms. The Morgan fingerprint density at radius 2 is 2.20 bits per heavy atom. The van der Waals surface area contributed by atoms with E-state index in [2.05, 4.69) is 4.72 Å². The first-order valence-corrected chi connectivity index (χ1v) is 8.24. The summed E-state index contributed by atoms with van der Waals surface area (Å²) >= 11 is 0. The molecule has 0 spiro atoms. The minimum atomic E-state index is -3.58. The van der Waals surface area contributed by atoms with Gasteiger partial charge < -0.3 is 10.5 Å². The summed E-state index contributed by atoms with van der Waals surface area (Å²) in [6, 6.07) is 6.54. The number of ether oxygens (including phenoxy) is 1. The number of hydrogen-bond acceptors (Lipinski definition) is 4. The van der Waals surface area contributed by atoms with E-state index in [1.54, 1.807) is 18.2 Å². The van der Waals surface area contributed by atoms with Gasteiger partial charge in [0.25, 0.3) is 0 Å².